The highest BCUT2D eigenvalue weighted by atomic mass is 32.2. The lowest BCUT2D eigenvalue weighted by atomic mass is 9.89. The average molecular weight is 458 g/mol. The van der Waals surface area contributed by atoms with E-state index in [0.717, 1.165) is 29.7 Å². The molecule has 7 nitrogen and oxygen atoms in total. The van der Waals surface area contributed by atoms with Gasteiger partial charge in [-0.2, -0.15) is 0 Å². The second-order valence-corrected chi connectivity index (χ2v) is 9.59. The molecule has 0 fully saturated rings. The molecule has 2 heterocycles. The highest BCUT2D eigenvalue weighted by Gasteiger charge is 2.23. The number of fused-ring (bicyclic) bond motifs is 3. The van der Waals surface area contributed by atoms with Gasteiger partial charge < -0.3 is 15.0 Å². The standard InChI is InChI=1S/C22H23N3O4S2/c1-3-29-21(28)13-5-4-6-14(10-13)23-17(26)11-30-22-24-19(27)18-15-8-7-12(2)9-16(15)31-20(18)25-22/h4-6,10,12H,3,7-9,11H2,1-2H3,(H,23,26)(H,24,25,27). The molecule has 4 rings (SSSR count). The molecule has 9 heteroatoms. The Labute approximate surface area is 187 Å². The zero-order valence-corrected chi connectivity index (χ0v) is 19.0. The quantitative estimate of drug-likeness (QED) is 0.329. The van der Waals surface area contributed by atoms with Crippen LogP contribution in [0.3, 0.4) is 0 Å². The molecule has 1 aromatic carbocycles. The second kappa shape index (κ2) is 9.23. The number of nitrogens with zero attached hydrogens (tertiary/aromatic N) is 1. The molecule has 1 aliphatic carbocycles. The fourth-order valence-electron chi connectivity index (χ4n) is 3.67. The number of hydrogen-bond donors (Lipinski definition) is 2. The van der Waals surface area contributed by atoms with Gasteiger partial charge in [-0.25, -0.2) is 9.78 Å². The molecular formula is C22H23N3O4S2. The number of ether oxygens (including phenoxy) is 1. The van der Waals surface area contributed by atoms with Crippen LogP contribution in [0.1, 0.15) is 41.1 Å². The number of amides is 1. The molecule has 0 spiro atoms. The highest BCUT2D eigenvalue weighted by Crippen LogP contribution is 2.36. The van der Waals surface area contributed by atoms with E-state index >= 15 is 0 Å². The summed E-state index contributed by atoms with van der Waals surface area (Å²) in [4.78, 5) is 46.3. The first-order chi connectivity index (χ1) is 14.9. The van der Waals surface area contributed by atoms with E-state index in [4.69, 9.17) is 4.74 Å². The molecule has 2 N–H and O–H groups in total. The Hall–Kier alpha value is -2.65. The smallest absolute Gasteiger partial charge is 0.338 e. The number of aromatic amines is 1. The van der Waals surface area contributed by atoms with Gasteiger partial charge in [0.2, 0.25) is 5.91 Å². The SMILES string of the molecule is CCOC(=O)c1cccc(NC(=O)CSc2nc3sc4c(c3c(=O)[nH]2)CCC(C)C4)c1. The lowest BCUT2D eigenvalue weighted by molar-refractivity contribution is -0.113. The number of benzene rings is 1. The summed E-state index contributed by atoms with van der Waals surface area (Å²) < 4.78 is 4.98. The molecule has 1 amide bonds. The van der Waals surface area contributed by atoms with Crippen LogP contribution in [0.5, 0.6) is 0 Å². The molecule has 0 saturated carbocycles. The number of rotatable bonds is 6. The summed E-state index contributed by atoms with van der Waals surface area (Å²) in [6, 6.07) is 6.59. The van der Waals surface area contributed by atoms with Gasteiger partial charge in [0.05, 0.1) is 23.3 Å². The van der Waals surface area contributed by atoms with Crippen molar-refractivity contribution in [1.82, 2.24) is 9.97 Å². The third-order valence-corrected chi connectivity index (χ3v) is 7.16. The van der Waals surface area contributed by atoms with Gasteiger partial charge in [-0.3, -0.25) is 9.59 Å². The summed E-state index contributed by atoms with van der Waals surface area (Å²) in [5.41, 5.74) is 1.89. The van der Waals surface area contributed by atoms with Crippen LogP contribution < -0.4 is 10.9 Å². The molecule has 1 aliphatic rings. The van der Waals surface area contributed by atoms with Gasteiger partial charge in [-0.15, -0.1) is 11.3 Å². The van der Waals surface area contributed by atoms with E-state index in [1.165, 1.54) is 16.6 Å². The number of aromatic nitrogens is 2. The molecular weight excluding hydrogens is 434 g/mol. The number of anilines is 1. The number of carbonyl (C=O) groups is 2. The Morgan fingerprint density at radius 3 is 3.03 bits per heavy atom. The van der Waals surface area contributed by atoms with Gasteiger partial charge in [0.1, 0.15) is 4.83 Å². The summed E-state index contributed by atoms with van der Waals surface area (Å²) in [6.45, 7) is 4.25. The predicted molar refractivity (Wildman–Crippen MR) is 123 cm³/mol. The van der Waals surface area contributed by atoms with Crippen LogP contribution in [0.15, 0.2) is 34.2 Å². The number of esters is 1. The van der Waals surface area contributed by atoms with Crippen molar-refractivity contribution in [1.29, 1.82) is 0 Å². The van der Waals surface area contributed by atoms with Crippen LogP contribution in [-0.4, -0.2) is 34.2 Å². The minimum absolute atomic E-state index is 0.0835. The summed E-state index contributed by atoms with van der Waals surface area (Å²) in [5.74, 6) is 0.0175. The molecule has 0 aliphatic heterocycles. The second-order valence-electron chi connectivity index (χ2n) is 7.54. The zero-order chi connectivity index (χ0) is 22.0. The maximum Gasteiger partial charge on any atom is 0.338 e. The largest absolute Gasteiger partial charge is 0.462 e. The number of thiophene rings is 1. The van der Waals surface area contributed by atoms with E-state index in [1.54, 1.807) is 42.5 Å². The first kappa shape index (κ1) is 21.6. The Balaban J connectivity index is 1.43. The normalized spacial score (nSPS) is 15.5. The number of aryl methyl sites for hydroxylation is 1. The van der Waals surface area contributed by atoms with E-state index in [1.807, 2.05) is 0 Å². The highest BCUT2D eigenvalue weighted by molar-refractivity contribution is 7.99. The van der Waals surface area contributed by atoms with Gasteiger partial charge in [0.15, 0.2) is 5.16 Å². The number of hydrogen-bond acceptors (Lipinski definition) is 7. The van der Waals surface area contributed by atoms with Crippen molar-refractivity contribution in [2.45, 2.75) is 38.3 Å². The zero-order valence-electron chi connectivity index (χ0n) is 17.3. The first-order valence-electron chi connectivity index (χ1n) is 10.2. The summed E-state index contributed by atoms with van der Waals surface area (Å²) in [7, 11) is 0. The number of carbonyl (C=O) groups excluding carboxylic acids is 2. The van der Waals surface area contributed by atoms with Crippen molar-refractivity contribution in [2.75, 3.05) is 17.7 Å². The van der Waals surface area contributed by atoms with Crippen molar-refractivity contribution in [3.8, 4) is 0 Å². The molecule has 1 unspecified atom stereocenters. The molecule has 0 radical (unpaired) electrons. The molecule has 1 atom stereocenters. The molecule has 162 valence electrons. The monoisotopic (exact) mass is 457 g/mol. The molecule has 2 aromatic heterocycles. The van der Waals surface area contributed by atoms with Crippen LogP contribution in [0.2, 0.25) is 0 Å². The van der Waals surface area contributed by atoms with Crippen molar-refractivity contribution >= 4 is 50.9 Å². The Morgan fingerprint density at radius 2 is 2.23 bits per heavy atom. The topological polar surface area (TPSA) is 101 Å². The van der Waals surface area contributed by atoms with Crippen LogP contribution in [-0.2, 0) is 22.4 Å². The van der Waals surface area contributed by atoms with E-state index < -0.39 is 5.97 Å². The van der Waals surface area contributed by atoms with Gasteiger partial charge in [0.25, 0.3) is 5.56 Å². The Morgan fingerprint density at radius 1 is 1.39 bits per heavy atom. The van der Waals surface area contributed by atoms with Crippen LogP contribution in [0.25, 0.3) is 10.2 Å². The van der Waals surface area contributed by atoms with E-state index in [-0.39, 0.29) is 23.8 Å². The van der Waals surface area contributed by atoms with E-state index in [9.17, 15) is 14.4 Å². The number of thioether (sulfide) groups is 1. The fourth-order valence-corrected chi connectivity index (χ4v) is 5.77. The molecule has 0 saturated heterocycles. The van der Waals surface area contributed by atoms with Gasteiger partial charge >= 0.3 is 5.97 Å². The van der Waals surface area contributed by atoms with E-state index in [2.05, 4.69) is 22.2 Å². The molecule has 31 heavy (non-hydrogen) atoms. The van der Waals surface area contributed by atoms with Crippen LogP contribution >= 0.6 is 23.1 Å². The fraction of sp³-hybridized carbons (Fsp3) is 0.364. The van der Waals surface area contributed by atoms with Crippen molar-refractivity contribution in [3.05, 3.63) is 50.6 Å². The van der Waals surface area contributed by atoms with Crippen molar-refractivity contribution in [3.63, 3.8) is 0 Å². The lowest BCUT2D eigenvalue weighted by Gasteiger charge is -2.17. The molecule has 3 aromatic rings. The van der Waals surface area contributed by atoms with Crippen LogP contribution in [0, 0.1) is 5.92 Å². The molecule has 0 bridgehead atoms. The van der Waals surface area contributed by atoms with Gasteiger partial charge in [0, 0.05) is 10.6 Å². The minimum atomic E-state index is -0.434. The lowest BCUT2D eigenvalue weighted by Crippen LogP contribution is -2.16. The average Bonchev–Trinajstić information content (AvgIpc) is 3.10. The maximum absolute atomic E-state index is 12.7. The summed E-state index contributed by atoms with van der Waals surface area (Å²) >= 11 is 2.77. The number of nitrogens with one attached hydrogen (secondary N) is 2. The van der Waals surface area contributed by atoms with Crippen molar-refractivity contribution < 1.29 is 14.3 Å². The summed E-state index contributed by atoms with van der Waals surface area (Å²) in [6.07, 6.45) is 3.00. The van der Waals surface area contributed by atoms with E-state index in [0.29, 0.717) is 27.7 Å². The van der Waals surface area contributed by atoms with Crippen LogP contribution in [0.4, 0.5) is 5.69 Å². The van der Waals surface area contributed by atoms with Gasteiger partial charge in [-0.05, 0) is 55.9 Å². The maximum atomic E-state index is 12.7. The third-order valence-electron chi connectivity index (χ3n) is 5.14. The first-order valence-corrected chi connectivity index (χ1v) is 12.0. The number of H-pyrrole nitrogens is 1. The van der Waals surface area contributed by atoms with Gasteiger partial charge in [-0.1, -0.05) is 24.8 Å². The Bertz CT molecular complexity index is 1200. The predicted octanol–water partition coefficient (Wildman–Crippen LogP) is 4.02. The van der Waals surface area contributed by atoms with Crippen molar-refractivity contribution in [2.24, 2.45) is 5.92 Å². The Kier molecular flexibility index (Phi) is 6.43. The minimum Gasteiger partial charge on any atom is -0.462 e. The summed E-state index contributed by atoms with van der Waals surface area (Å²) in [5, 5.41) is 3.90. The third kappa shape index (κ3) is 4.83.